The predicted octanol–water partition coefficient (Wildman–Crippen LogP) is 0.173. The van der Waals surface area contributed by atoms with E-state index in [0.717, 1.165) is 19.1 Å². The summed E-state index contributed by atoms with van der Waals surface area (Å²) in [5, 5.41) is 4.65. The highest BCUT2D eigenvalue weighted by Gasteiger charge is 2.15. The maximum Gasteiger partial charge on any atom is 0.291 e. The minimum Gasteiger partial charge on any atom is -0.399 e. The molecular weight excluding hydrogens is 160 g/mol. The average Bonchev–Trinajstić information content (AvgIpc) is 2.15. The van der Waals surface area contributed by atoms with Crippen molar-refractivity contribution in [1.29, 1.82) is 0 Å². The maximum atomic E-state index is 11.1. The van der Waals surface area contributed by atoms with Gasteiger partial charge in [0.1, 0.15) is 13.3 Å². The first-order valence-corrected chi connectivity index (χ1v) is 3.85. The van der Waals surface area contributed by atoms with Gasteiger partial charge in [-0.3, -0.25) is 9.63 Å². The van der Waals surface area contributed by atoms with Gasteiger partial charge >= 0.3 is 0 Å². The standard InChI is InChI=1S/C7H12N2O3/c1-11-8-6-7(10)9-4-2-3-5-12-9/h6H,2-5H2,1H3/b8-6+. The predicted molar refractivity (Wildman–Crippen MR) is 42.4 cm³/mol. The minimum absolute atomic E-state index is 0.267. The number of nitrogens with zero attached hydrogens (tertiary/aromatic N) is 2. The van der Waals surface area contributed by atoms with E-state index >= 15 is 0 Å². The number of rotatable bonds is 2. The van der Waals surface area contributed by atoms with E-state index in [9.17, 15) is 4.79 Å². The molecule has 0 bridgehead atoms. The summed E-state index contributed by atoms with van der Waals surface area (Å²) in [6, 6.07) is 0. The molecule has 0 aromatic heterocycles. The average molecular weight is 172 g/mol. The largest absolute Gasteiger partial charge is 0.399 e. The maximum absolute atomic E-state index is 11.1. The molecule has 1 aliphatic rings. The molecule has 0 atom stereocenters. The van der Waals surface area contributed by atoms with E-state index in [2.05, 4.69) is 9.99 Å². The fourth-order valence-electron chi connectivity index (χ4n) is 0.933. The van der Waals surface area contributed by atoms with Crippen molar-refractivity contribution in [1.82, 2.24) is 5.06 Å². The molecule has 5 nitrogen and oxygen atoms in total. The Bertz CT molecular complexity index is 175. The van der Waals surface area contributed by atoms with E-state index < -0.39 is 0 Å². The van der Waals surface area contributed by atoms with Crippen molar-refractivity contribution in [3.05, 3.63) is 0 Å². The Balaban J connectivity index is 2.34. The third-order valence-electron chi connectivity index (χ3n) is 1.52. The zero-order valence-corrected chi connectivity index (χ0v) is 7.02. The van der Waals surface area contributed by atoms with Crippen molar-refractivity contribution in [2.24, 2.45) is 5.16 Å². The third kappa shape index (κ3) is 2.50. The Morgan fingerprint density at radius 2 is 2.50 bits per heavy atom. The first kappa shape index (κ1) is 8.99. The Morgan fingerprint density at radius 1 is 1.67 bits per heavy atom. The number of hydrogen-bond acceptors (Lipinski definition) is 4. The fraction of sp³-hybridized carbons (Fsp3) is 0.714. The van der Waals surface area contributed by atoms with Gasteiger partial charge in [-0.2, -0.15) is 0 Å². The first-order chi connectivity index (χ1) is 5.84. The Morgan fingerprint density at radius 3 is 3.08 bits per heavy atom. The van der Waals surface area contributed by atoms with Crippen LogP contribution < -0.4 is 0 Å². The van der Waals surface area contributed by atoms with Crippen molar-refractivity contribution in [2.45, 2.75) is 12.8 Å². The van der Waals surface area contributed by atoms with Crippen molar-refractivity contribution < 1.29 is 14.5 Å². The van der Waals surface area contributed by atoms with Gasteiger partial charge in [0.15, 0.2) is 0 Å². The quantitative estimate of drug-likeness (QED) is 0.441. The van der Waals surface area contributed by atoms with Crippen molar-refractivity contribution in [2.75, 3.05) is 20.3 Å². The summed E-state index contributed by atoms with van der Waals surface area (Å²) >= 11 is 0. The van der Waals surface area contributed by atoms with Crippen LogP contribution in [0.4, 0.5) is 0 Å². The zero-order valence-electron chi connectivity index (χ0n) is 7.02. The topological polar surface area (TPSA) is 51.1 Å². The Labute approximate surface area is 70.9 Å². The number of carbonyl (C=O) groups is 1. The zero-order chi connectivity index (χ0) is 8.81. The second kappa shape index (κ2) is 4.71. The van der Waals surface area contributed by atoms with E-state index in [4.69, 9.17) is 4.84 Å². The first-order valence-electron chi connectivity index (χ1n) is 3.85. The molecule has 12 heavy (non-hydrogen) atoms. The van der Waals surface area contributed by atoms with Gasteiger partial charge in [0.2, 0.25) is 0 Å². The Hall–Kier alpha value is -1.10. The summed E-state index contributed by atoms with van der Waals surface area (Å²) in [6.07, 6.45) is 3.09. The van der Waals surface area contributed by atoms with E-state index in [-0.39, 0.29) is 5.91 Å². The van der Waals surface area contributed by atoms with Crippen LogP contribution in [-0.2, 0) is 14.5 Å². The normalized spacial score (nSPS) is 18.2. The highest BCUT2D eigenvalue weighted by molar-refractivity contribution is 6.25. The van der Waals surface area contributed by atoms with E-state index in [1.807, 2.05) is 0 Å². The van der Waals surface area contributed by atoms with Crippen LogP contribution in [0.15, 0.2) is 5.16 Å². The van der Waals surface area contributed by atoms with E-state index in [0.29, 0.717) is 13.2 Å². The fourth-order valence-corrected chi connectivity index (χ4v) is 0.933. The molecule has 68 valence electrons. The summed E-state index contributed by atoms with van der Waals surface area (Å²) in [4.78, 5) is 20.6. The second-order valence-electron chi connectivity index (χ2n) is 2.40. The van der Waals surface area contributed by atoms with Crippen LogP contribution >= 0.6 is 0 Å². The van der Waals surface area contributed by atoms with Gasteiger partial charge in [-0.25, -0.2) is 5.06 Å². The highest BCUT2D eigenvalue weighted by Crippen LogP contribution is 2.04. The Kier molecular flexibility index (Phi) is 3.53. The van der Waals surface area contributed by atoms with Crippen LogP contribution in [-0.4, -0.2) is 37.4 Å². The summed E-state index contributed by atoms with van der Waals surface area (Å²) in [7, 11) is 1.39. The van der Waals surface area contributed by atoms with E-state index in [1.54, 1.807) is 0 Å². The summed E-state index contributed by atoms with van der Waals surface area (Å²) < 4.78 is 0. The number of hydroxylamine groups is 2. The van der Waals surface area contributed by atoms with Crippen molar-refractivity contribution >= 4 is 12.1 Å². The lowest BCUT2D eigenvalue weighted by molar-refractivity contribution is -0.189. The van der Waals surface area contributed by atoms with Crippen LogP contribution in [0.5, 0.6) is 0 Å². The molecule has 1 saturated heterocycles. The molecule has 1 aliphatic heterocycles. The molecule has 0 aromatic carbocycles. The molecule has 0 spiro atoms. The molecule has 1 heterocycles. The van der Waals surface area contributed by atoms with Crippen molar-refractivity contribution in [3.63, 3.8) is 0 Å². The number of amides is 1. The second-order valence-corrected chi connectivity index (χ2v) is 2.40. The van der Waals surface area contributed by atoms with E-state index in [1.165, 1.54) is 12.2 Å². The number of hydrogen-bond donors (Lipinski definition) is 0. The molecule has 0 aliphatic carbocycles. The minimum atomic E-state index is -0.267. The van der Waals surface area contributed by atoms with Gasteiger partial charge in [0, 0.05) is 6.54 Å². The molecule has 0 radical (unpaired) electrons. The van der Waals surface area contributed by atoms with Gasteiger partial charge in [0.25, 0.3) is 5.91 Å². The SMILES string of the molecule is CO/N=C/C(=O)N1CCCCO1. The number of carbonyl (C=O) groups excluding carboxylic acids is 1. The molecule has 0 N–H and O–H groups in total. The van der Waals surface area contributed by atoms with Gasteiger partial charge in [-0.1, -0.05) is 5.16 Å². The van der Waals surface area contributed by atoms with Crippen molar-refractivity contribution in [3.8, 4) is 0 Å². The van der Waals surface area contributed by atoms with Gasteiger partial charge in [-0.15, -0.1) is 0 Å². The van der Waals surface area contributed by atoms with Crippen LogP contribution in [0.1, 0.15) is 12.8 Å². The van der Waals surface area contributed by atoms with Crippen LogP contribution in [0.2, 0.25) is 0 Å². The summed E-state index contributed by atoms with van der Waals surface area (Å²) in [5.74, 6) is -0.267. The third-order valence-corrected chi connectivity index (χ3v) is 1.52. The lowest BCUT2D eigenvalue weighted by atomic mass is 10.3. The molecule has 1 fully saturated rings. The molecular formula is C7H12N2O3. The molecule has 1 amide bonds. The van der Waals surface area contributed by atoms with Gasteiger partial charge in [0.05, 0.1) is 6.61 Å². The molecule has 0 unspecified atom stereocenters. The lowest BCUT2D eigenvalue weighted by Crippen LogP contribution is -2.36. The van der Waals surface area contributed by atoms with Gasteiger partial charge in [-0.05, 0) is 12.8 Å². The molecule has 0 aromatic rings. The molecule has 0 saturated carbocycles. The van der Waals surface area contributed by atoms with Crippen LogP contribution in [0.25, 0.3) is 0 Å². The molecule has 1 rings (SSSR count). The monoisotopic (exact) mass is 172 g/mol. The van der Waals surface area contributed by atoms with Crippen LogP contribution in [0, 0.1) is 0 Å². The lowest BCUT2D eigenvalue weighted by Gasteiger charge is -2.23. The summed E-state index contributed by atoms with van der Waals surface area (Å²) in [5.41, 5.74) is 0. The van der Waals surface area contributed by atoms with Gasteiger partial charge < -0.3 is 4.84 Å². The molecule has 5 heteroatoms. The van der Waals surface area contributed by atoms with Crippen LogP contribution in [0.3, 0.4) is 0 Å². The summed E-state index contributed by atoms with van der Waals surface area (Å²) in [6.45, 7) is 1.24. The number of oxime groups is 1. The highest BCUT2D eigenvalue weighted by atomic mass is 16.7. The smallest absolute Gasteiger partial charge is 0.291 e.